The number of nitrogens with one attached hydrogen (secondary N) is 2. The lowest BCUT2D eigenvalue weighted by Crippen LogP contribution is -2.35. The first kappa shape index (κ1) is 20.1. The predicted molar refractivity (Wildman–Crippen MR) is 97.4 cm³/mol. The third-order valence-electron chi connectivity index (χ3n) is 4.04. The monoisotopic (exact) mass is 372 g/mol. The Labute approximate surface area is 156 Å². The topological polar surface area (TPSA) is 95.5 Å². The maximum Gasteiger partial charge on any atom is 0.312 e. The van der Waals surface area contributed by atoms with Crippen molar-refractivity contribution in [3.8, 4) is 0 Å². The zero-order chi connectivity index (χ0) is 19.8. The van der Waals surface area contributed by atoms with Crippen LogP contribution in [0.15, 0.2) is 54.6 Å². The molecule has 0 aliphatic heterocycles. The first-order chi connectivity index (χ1) is 12.9. The lowest BCUT2D eigenvalue weighted by atomic mass is 9.98. The second-order valence-electron chi connectivity index (χ2n) is 6.11. The smallest absolute Gasteiger partial charge is 0.312 e. The first-order valence-corrected chi connectivity index (χ1v) is 8.44. The number of carboxylic acids is 1. The SMILES string of the molecule is CC(=O)NC(CC(=O)NCC(C(=O)O)c1ccc(F)cc1)c1ccccc1. The summed E-state index contributed by atoms with van der Waals surface area (Å²) in [6.07, 6.45) is -0.0284. The lowest BCUT2D eigenvalue weighted by molar-refractivity contribution is -0.138. The van der Waals surface area contributed by atoms with E-state index in [1.807, 2.05) is 6.07 Å². The molecule has 2 atom stereocenters. The largest absolute Gasteiger partial charge is 0.481 e. The van der Waals surface area contributed by atoms with Crippen molar-refractivity contribution in [3.05, 3.63) is 71.5 Å². The van der Waals surface area contributed by atoms with Gasteiger partial charge in [0, 0.05) is 13.5 Å². The van der Waals surface area contributed by atoms with Crippen molar-refractivity contribution < 1.29 is 23.9 Å². The Morgan fingerprint density at radius 2 is 1.63 bits per heavy atom. The summed E-state index contributed by atoms with van der Waals surface area (Å²) in [5.74, 6) is -3.25. The predicted octanol–water partition coefficient (Wildman–Crippen LogP) is 2.38. The number of halogens is 1. The molecule has 2 aromatic carbocycles. The van der Waals surface area contributed by atoms with Gasteiger partial charge in [-0.15, -0.1) is 0 Å². The fraction of sp³-hybridized carbons (Fsp3) is 0.250. The minimum absolute atomic E-state index is 0.0284. The van der Waals surface area contributed by atoms with Crippen LogP contribution in [0.25, 0.3) is 0 Å². The lowest BCUT2D eigenvalue weighted by Gasteiger charge is -2.19. The van der Waals surface area contributed by atoms with Crippen LogP contribution in [0.1, 0.15) is 36.4 Å². The van der Waals surface area contributed by atoms with Gasteiger partial charge in [0.05, 0.1) is 18.4 Å². The van der Waals surface area contributed by atoms with Gasteiger partial charge in [-0.1, -0.05) is 42.5 Å². The van der Waals surface area contributed by atoms with Crippen molar-refractivity contribution >= 4 is 17.8 Å². The second kappa shape index (κ2) is 9.47. The van der Waals surface area contributed by atoms with Crippen LogP contribution in [0.2, 0.25) is 0 Å². The van der Waals surface area contributed by atoms with Gasteiger partial charge in [-0.2, -0.15) is 0 Å². The molecule has 142 valence electrons. The third kappa shape index (κ3) is 6.22. The molecule has 0 saturated carbocycles. The second-order valence-corrected chi connectivity index (χ2v) is 6.11. The molecule has 0 heterocycles. The summed E-state index contributed by atoms with van der Waals surface area (Å²) < 4.78 is 13.0. The van der Waals surface area contributed by atoms with E-state index in [-0.39, 0.29) is 18.9 Å². The van der Waals surface area contributed by atoms with Crippen LogP contribution in [0.5, 0.6) is 0 Å². The summed E-state index contributed by atoms with van der Waals surface area (Å²) in [5.41, 5.74) is 1.17. The van der Waals surface area contributed by atoms with Gasteiger partial charge in [0.15, 0.2) is 0 Å². The molecule has 7 heteroatoms. The molecule has 0 bridgehead atoms. The number of carbonyl (C=O) groups excluding carboxylic acids is 2. The normalized spacial score (nSPS) is 12.7. The van der Waals surface area contributed by atoms with E-state index in [0.29, 0.717) is 5.56 Å². The van der Waals surface area contributed by atoms with Gasteiger partial charge in [-0.05, 0) is 23.3 Å². The molecule has 2 rings (SSSR count). The third-order valence-corrected chi connectivity index (χ3v) is 4.04. The fourth-order valence-electron chi connectivity index (χ4n) is 2.70. The maximum absolute atomic E-state index is 13.0. The highest BCUT2D eigenvalue weighted by Gasteiger charge is 2.22. The molecule has 6 nitrogen and oxygen atoms in total. The van der Waals surface area contributed by atoms with E-state index < -0.39 is 29.7 Å². The average Bonchev–Trinajstić information content (AvgIpc) is 2.63. The molecule has 0 aliphatic rings. The van der Waals surface area contributed by atoms with Gasteiger partial charge in [0.1, 0.15) is 5.82 Å². The van der Waals surface area contributed by atoms with Crippen molar-refractivity contribution in [2.75, 3.05) is 6.54 Å². The molecule has 2 aromatic rings. The molecule has 2 amide bonds. The number of amides is 2. The summed E-state index contributed by atoms with van der Waals surface area (Å²) in [6, 6.07) is 13.6. The zero-order valence-electron chi connectivity index (χ0n) is 14.8. The van der Waals surface area contributed by atoms with E-state index in [9.17, 15) is 23.9 Å². The maximum atomic E-state index is 13.0. The van der Waals surface area contributed by atoms with Crippen LogP contribution in [0.3, 0.4) is 0 Å². The van der Waals surface area contributed by atoms with Crippen molar-refractivity contribution in [1.29, 1.82) is 0 Å². The fourth-order valence-corrected chi connectivity index (χ4v) is 2.70. The Morgan fingerprint density at radius 3 is 2.19 bits per heavy atom. The van der Waals surface area contributed by atoms with Crippen molar-refractivity contribution in [1.82, 2.24) is 10.6 Å². The molecule has 2 unspecified atom stereocenters. The van der Waals surface area contributed by atoms with E-state index in [1.165, 1.54) is 31.2 Å². The molecule has 0 radical (unpaired) electrons. The Morgan fingerprint density at radius 1 is 1.00 bits per heavy atom. The summed E-state index contributed by atoms with van der Waals surface area (Å²) >= 11 is 0. The van der Waals surface area contributed by atoms with Crippen molar-refractivity contribution in [2.24, 2.45) is 0 Å². The summed E-state index contributed by atoms with van der Waals surface area (Å²) in [5, 5.41) is 14.7. The molecule has 27 heavy (non-hydrogen) atoms. The summed E-state index contributed by atoms with van der Waals surface area (Å²) in [4.78, 5) is 35.2. The van der Waals surface area contributed by atoms with Crippen LogP contribution in [-0.4, -0.2) is 29.4 Å². The van der Waals surface area contributed by atoms with Gasteiger partial charge in [0.25, 0.3) is 0 Å². The zero-order valence-corrected chi connectivity index (χ0v) is 14.8. The van der Waals surface area contributed by atoms with E-state index in [1.54, 1.807) is 24.3 Å². The summed E-state index contributed by atoms with van der Waals surface area (Å²) in [6.45, 7) is 1.23. The molecule has 0 aromatic heterocycles. The van der Waals surface area contributed by atoms with Crippen molar-refractivity contribution in [2.45, 2.75) is 25.3 Å². The highest BCUT2D eigenvalue weighted by atomic mass is 19.1. The van der Waals surface area contributed by atoms with E-state index in [4.69, 9.17) is 0 Å². The van der Waals surface area contributed by atoms with Crippen LogP contribution in [0.4, 0.5) is 4.39 Å². The Balaban J connectivity index is 2.02. The number of aliphatic carboxylic acids is 1. The molecule has 0 aliphatic carbocycles. The molecule has 0 fully saturated rings. The van der Waals surface area contributed by atoms with Crippen LogP contribution >= 0.6 is 0 Å². The number of benzene rings is 2. The number of hydrogen-bond acceptors (Lipinski definition) is 3. The number of rotatable bonds is 8. The van der Waals surface area contributed by atoms with Gasteiger partial charge in [-0.25, -0.2) is 4.39 Å². The Hall–Kier alpha value is -3.22. The van der Waals surface area contributed by atoms with Gasteiger partial charge >= 0.3 is 5.97 Å². The van der Waals surface area contributed by atoms with Crippen molar-refractivity contribution in [3.63, 3.8) is 0 Å². The highest BCUT2D eigenvalue weighted by Crippen LogP contribution is 2.18. The van der Waals surface area contributed by atoms with E-state index >= 15 is 0 Å². The number of hydrogen-bond donors (Lipinski definition) is 3. The van der Waals surface area contributed by atoms with Crippen LogP contribution < -0.4 is 10.6 Å². The minimum atomic E-state index is -1.12. The Bertz CT molecular complexity index is 793. The van der Waals surface area contributed by atoms with E-state index in [0.717, 1.165) is 5.56 Å². The molecule has 0 spiro atoms. The Kier molecular flexibility index (Phi) is 7.05. The number of carbonyl (C=O) groups is 3. The average molecular weight is 372 g/mol. The number of carboxylic acid groups (broad SMARTS) is 1. The van der Waals surface area contributed by atoms with Crippen LogP contribution in [0, 0.1) is 5.82 Å². The summed E-state index contributed by atoms with van der Waals surface area (Å²) in [7, 11) is 0. The molecule has 0 saturated heterocycles. The quantitative estimate of drug-likeness (QED) is 0.663. The van der Waals surface area contributed by atoms with Gasteiger partial charge in [-0.3, -0.25) is 14.4 Å². The minimum Gasteiger partial charge on any atom is -0.481 e. The highest BCUT2D eigenvalue weighted by molar-refractivity contribution is 5.81. The standard InChI is InChI=1S/C20H21FN2O4/c1-13(24)23-18(15-5-3-2-4-6-15)11-19(25)22-12-17(20(26)27)14-7-9-16(21)10-8-14/h2-10,17-18H,11-12H2,1H3,(H,22,25)(H,23,24)(H,26,27). The van der Waals surface area contributed by atoms with Crippen LogP contribution in [-0.2, 0) is 14.4 Å². The molecular weight excluding hydrogens is 351 g/mol. The first-order valence-electron chi connectivity index (χ1n) is 8.44. The van der Waals surface area contributed by atoms with Gasteiger partial charge in [0.2, 0.25) is 11.8 Å². The van der Waals surface area contributed by atoms with Gasteiger partial charge < -0.3 is 15.7 Å². The molecule has 3 N–H and O–H groups in total. The molecular formula is C20H21FN2O4. The van der Waals surface area contributed by atoms with E-state index in [2.05, 4.69) is 10.6 Å².